The van der Waals surface area contributed by atoms with Crippen LogP contribution in [0.2, 0.25) is 5.02 Å². The number of hydrogen-bond donors (Lipinski definition) is 2. The number of urea groups is 1. The maximum Gasteiger partial charge on any atom is 0.338 e. The van der Waals surface area contributed by atoms with Crippen molar-refractivity contribution in [3.63, 3.8) is 0 Å². The van der Waals surface area contributed by atoms with Crippen molar-refractivity contribution in [1.82, 2.24) is 20.1 Å². The van der Waals surface area contributed by atoms with E-state index in [9.17, 15) is 18.8 Å². The summed E-state index contributed by atoms with van der Waals surface area (Å²) in [6.45, 7) is 4.29. The molecule has 2 fully saturated rings. The second-order valence-electron chi connectivity index (χ2n) is 11.5. The Labute approximate surface area is 273 Å². The molecule has 240 valence electrons. The second-order valence-corrected chi connectivity index (χ2v) is 12.8. The molecule has 3 aliphatic rings. The Morgan fingerprint density at radius 2 is 1.98 bits per heavy atom. The first-order valence-electron chi connectivity index (χ1n) is 14.8. The Morgan fingerprint density at radius 1 is 1.20 bits per heavy atom. The molecule has 2 saturated heterocycles. The first-order chi connectivity index (χ1) is 22.1. The normalized spacial score (nSPS) is 20.7. The van der Waals surface area contributed by atoms with Gasteiger partial charge in [-0.3, -0.25) is 19.6 Å². The zero-order valence-corrected chi connectivity index (χ0v) is 26.7. The molecule has 2 aromatic carbocycles. The van der Waals surface area contributed by atoms with Gasteiger partial charge in [-0.25, -0.2) is 19.0 Å². The summed E-state index contributed by atoms with van der Waals surface area (Å²) >= 11 is 7.86. The van der Waals surface area contributed by atoms with Crippen molar-refractivity contribution in [2.45, 2.75) is 31.3 Å². The van der Waals surface area contributed by atoms with Crippen molar-refractivity contribution in [2.24, 2.45) is 4.99 Å². The van der Waals surface area contributed by atoms with E-state index in [2.05, 4.69) is 15.2 Å². The maximum atomic E-state index is 14.0. The van der Waals surface area contributed by atoms with E-state index in [1.54, 1.807) is 11.1 Å². The number of carbonyl (C=O) groups excluding carboxylic acids is 2. The number of aliphatic imine (C=N–C) groups is 1. The van der Waals surface area contributed by atoms with Crippen molar-refractivity contribution < 1.29 is 28.6 Å². The predicted molar refractivity (Wildman–Crippen MR) is 172 cm³/mol. The Balaban J connectivity index is 1.24. The molecule has 11 nitrogen and oxygen atoms in total. The number of nitrogens with zero attached hydrogens (tertiary/aromatic N) is 5. The average Bonchev–Trinajstić information content (AvgIpc) is 3.69. The highest BCUT2D eigenvalue weighted by molar-refractivity contribution is 7.11. The smallest absolute Gasteiger partial charge is 0.338 e. The number of benzene rings is 2. The van der Waals surface area contributed by atoms with Gasteiger partial charge in [-0.05, 0) is 35.7 Å². The number of amides is 2. The van der Waals surface area contributed by atoms with Crippen LogP contribution in [-0.4, -0.2) is 89.6 Å². The number of carboxylic acids is 1. The fourth-order valence-electron chi connectivity index (χ4n) is 6.19. The summed E-state index contributed by atoms with van der Waals surface area (Å²) in [5, 5.41) is 15.0. The summed E-state index contributed by atoms with van der Waals surface area (Å²) in [5.74, 6) is -1.62. The molecule has 2 amide bonds. The monoisotopic (exact) mass is 666 g/mol. The van der Waals surface area contributed by atoms with E-state index < -0.39 is 23.8 Å². The maximum absolute atomic E-state index is 14.0. The largest absolute Gasteiger partial charge is 0.481 e. The van der Waals surface area contributed by atoms with E-state index in [4.69, 9.17) is 26.4 Å². The lowest BCUT2D eigenvalue weighted by Crippen LogP contribution is -2.53. The third-order valence-electron chi connectivity index (χ3n) is 8.50. The highest BCUT2D eigenvalue weighted by atomic mass is 35.5. The van der Waals surface area contributed by atoms with Crippen LogP contribution in [-0.2, 0) is 14.3 Å². The van der Waals surface area contributed by atoms with Crippen molar-refractivity contribution in [3.8, 4) is 0 Å². The standard InChI is InChI=1S/C32H32ClFN6O5S/c1-18(13-26(41)42)19-3-6-21(7-4-19)40-16-22-15-38(10-11-39(22)32(40)44)17-25-27(31(43)45-2)28(23-8-5-20(34)14-24(23)33)37-29(36-25)30-35-9-12-46-30/h3-9,12,14,18,22,28H,10-11,13,15-17H2,1-2H3,(H,36,37)(H,41,42). The van der Waals surface area contributed by atoms with Crippen LogP contribution in [0.25, 0.3) is 0 Å². The number of aromatic nitrogens is 1. The minimum Gasteiger partial charge on any atom is -0.481 e. The van der Waals surface area contributed by atoms with Gasteiger partial charge in [0.1, 0.15) is 11.9 Å². The highest BCUT2D eigenvalue weighted by Gasteiger charge is 2.42. The number of methoxy groups -OCH3 is 1. The molecule has 3 aromatic rings. The Hall–Kier alpha value is -4.33. The van der Waals surface area contributed by atoms with E-state index in [1.807, 2.05) is 41.5 Å². The number of thiazole rings is 1. The highest BCUT2D eigenvalue weighted by Crippen LogP contribution is 2.37. The molecule has 46 heavy (non-hydrogen) atoms. The first-order valence-corrected chi connectivity index (χ1v) is 16.0. The van der Waals surface area contributed by atoms with Crippen LogP contribution in [0.4, 0.5) is 14.9 Å². The molecule has 0 aliphatic carbocycles. The van der Waals surface area contributed by atoms with E-state index in [-0.39, 0.29) is 35.0 Å². The van der Waals surface area contributed by atoms with Gasteiger partial charge < -0.3 is 20.1 Å². The van der Waals surface area contributed by atoms with E-state index in [0.29, 0.717) is 54.8 Å². The van der Waals surface area contributed by atoms with Crippen molar-refractivity contribution >= 4 is 52.4 Å². The number of anilines is 1. The molecule has 14 heteroatoms. The second kappa shape index (κ2) is 13.2. The number of carboxylic acid groups (broad SMARTS) is 1. The third-order valence-corrected chi connectivity index (χ3v) is 9.60. The number of halogens is 2. The molecule has 3 aliphatic heterocycles. The fraction of sp³-hybridized carbons (Fsp3) is 0.344. The van der Waals surface area contributed by atoms with Crippen molar-refractivity contribution in [1.29, 1.82) is 0 Å². The zero-order chi connectivity index (χ0) is 32.5. The van der Waals surface area contributed by atoms with Crippen LogP contribution in [0.3, 0.4) is 0 Å². The SMILES string of the molecule is COC(=O)C1=C(CN2CCN3C(=O)N(c4ccc(C(C)CC(=O)O)cc4)CC3C2)NC(c2nccs2)=NC1c1ccc(F)cc1Cl. The summed E-state index contributed by atoms with van der Waals surface area (Å²) in [4.78, 5) is 52.8. The minimum atomic E-state index is -0.860. The summed E-state index contributed by atoms with van der Waals surface area (Å²) in [6, 6.07) is 10.4. The molecule has 0 radical (unpaired) electrons. The first kappa shape index (κ1) is 31.6. The lowest BCUT2D eigenvalue weighted by molar-refractivity contribution is -0.138. The molecular weight excluding hydrogens is 635 g/mol. The summed E-state index contributed by atoms with van der Waals surface area (Å²) in [6.07, 6.45) is 1.70. The van der Waals surface area contributed by atoms with E-state index in [1.165, 1.54) is 36.6 Å². The van der Waals surface area contributed by atoms with E-state index in [0.717, 1.165) is 11.3 Å². The van der Waals surface area contributed by atoms with Gasteiger partial charge in [0.15, 0.2) is 10.8 Å². The molecule has 3 unspecified atom stereocenters. The summed E-state index contributed by atoms with van der Waals surface area (Å²) in [5.41, 5.74) is 2.95. The van der Waals surface area contributed by atoms with Gasteiger partial charge in [0.25, 0.3) is 0 Å². The van der Waals surface area contributed by atoms with Gasteiger partial charge in [0.2, 0.25) is 0 Å². The molecule has 4 heterocycles. The van der Waals surface area contributed by atoms with Gasteiger partial charge in [-0.15, -0.1) is 11.3 Å². The lowest BCUT2D eigenvalue weighted by atomic mass is 9.95. The Kier molecular flexibility index (Phi) is 9.07. The zero-order valence-electron chi connectivity index (χ0n) is 25.2. The molecule has 6 rings (SSSR count). The van der Waals surface area contributed by atoms with E-state index >= 15 is 0 Å². The summed E-state index contributed by atoms with van der Waals surface area (Å²) < 4.78 is 19.2. The van der Waals surface area contributed by atoms with Gasteiger partial charge in [0.05, 0.1) is 25.1 Å². The number of esters is 1. The van der Waals surface area contributed by atoms with Gasteiger partial charge >= 0.3 is 18.0 Å². The molecule has 0 spiro atoms. The number of nitrogens with one attached hydrogen (secondary N) is 1. The van der Waals surface area contributed by atoms with Crippen LogP contribution in [0, 0.1) is 5.82 Å². The lowest BCUT2D eigenvalue weighted by Gasteiger charge is -2.38. The predicted octanol–water partition coefficient (Wildman–Crippen LogP) is 4.66. The molecule has 2 N–H and O–H groups in total. The fourth-order valence-corrected chi connectivity index (χ4v) is 7.04. The van der Waals surface area contributed by atoms with Crippen LogP contribution in [0.5, 0.6) is 0 Å². The summed E-state index contributed by atoms with van der Waals surface area (Å²) in [7, 11) is 1.30. The number of rotatable bonds is 9. The number of fused-ring (bicyclic) bond motifs is 1. The topological polar surface area (TPSA) is 128 Å². The van der Waals surface area contributed by atoms with Gasteiger partial charge in [0, 0.05) is 66.3 Å². The number of amidine groups is 1. The molecule has 3 atom stereocenters. The van der Waals surface area contributed by atoms with Crippen LogP contribution < -0.4 is 10.2 Å². The van der Waals surface area contributed by atoms with Gasteiger partial charge in [-0.2, -0.15) is 0 Å². The molecule has 0 saturated carbocycles. The molecule has 1 aromatic heterocycles. The number of aliphatic carboxylic acids is 1. The van der Waals surface area contributed by atoms with Crippen LogP contribution in [0.15, 0.2) is 70.3 Å². The van der Waals surface area contributed by atoms with Crippen molar-refractivity contribution in [2.75, 3.05) is 44.7 Å². The third kappa shape index (κ3) is 6.35. The molecular formula is C32H32ClFN6O5S. The Morgan fingerprint density at radius 3 is 2.65 bits per heavy atom. The van der Waals surface area contributed by atoms with Crippen LogP contribution >= 0.6 is 22.9 Å². The molecule has 0 bridgehead atoms. The average molecular weight is 667 g/mol. The number of hydrogen-bond acceptors (Lipinski definition) is 9. The minimum absolute atomic E-state index is 0.0333. The number of ether oxygens (including phenoxy) is 1. The Bertz CT molecular complexity index is 1720. The van der Waals surface area contributed by atoms with Crippen molar-refractivity contribution in [3.05, 3.63) is 92.3 Å². The number of piperazine rings is 1. The van der Waals surface area contributed by atoms with Crippen LogP contribution in [0.1, 0.15) is 41.4 Å². The van der Waals surface area contributed by atoms with Gasteiger partial charge in [-0.1, -0.05) is 36.7 Å². The quantitative estimate of drug-likeness (QED) is 0.316. The number of carbonyl (C=O) groups is 3.